The second kappa shape index (κ2) is 10.4. The van der Waals surface area contributed by atoms with E-state index in [0.717, 1.165) is 50.4 Å². The maximum absolute atomic E-state index is 6.15. The molecular weight excluding hydrogens is 512 g/mol. The molecule has 5 nitrogen and oxygen atoms in total. The van der Waals surface area contributed by atoms with Crippen molar-refractivity contribution in [1.82, 2.24) is 18.9 Å². The quantitative estimate of drug-likeness (QED) is 0.193. The van der Waals surface area contributed by atoms with E-state index in [-0.39, 0.29) is 0 Å². The highest BCUT2D eigenvalue weighted by Crippen LogP contribution is 2.35. The topological polar surface area (TPSA) is 44.3 Å². The fraction of sp³-hybridized carbons (Fsp3) is 0.0968. The molecule has 3 heterocycles. The van der Waals surface area contributed by atoms with Gasteiger partial charge in [0, 0.05) is 34.3 Å². The summed E-state index contributed by atoms with van der Waals surface area (Å²) in [6.07, 6.45) is 4.21. The van der Waals surface area contributed by atoms with Gasteiger partial charge < -0.3 is 9.14 Å². The Labute approximate surface area is 230 Å². The molecule has 0 radical (unpaired) electrons. The zero-order valence-corrected chi connectivity index (χ0v) is 22.6. The molecule has 0 fully saturated rings. The second-order valence-electron chi connectivity index (χ2n) is 8.95. The number of para-hydroxylation sites is 2. The predicted molar refractivity (Wildman–Crippen MR) is 155 cm³/mol. The zero-order valence-electron chi connectivity index (χ0n) is 21.0. The Morgan fingerprint density at radius 3 is 2.37 bits per heavy atom. The van der Waals surface area contributed by atoms with Gasteiger partial charge in [0.2, 0.25) is 0 Å². The Morgan fingerprint density at radius 1 is 0.816 bits per heavy atom. The summed E-state index contributed by atoms with van der Waals surface area (Å²) >= 11 is 7.82. The first-order valence-electron chi connectivity index (χ1n) is 12.3. The van der Waals surface area contributed by atoms with Crippen LogP contribution in [-0.2, 0) is 5.75 Å². The van der Waals surface area contributed by atoms with Gasteiger partial charge in [-0.25, -0.2) is 9.97 Å². The van der Waals surface area contributed by atoms with Crippen LogP contribution in [0.1, 0.15) is 11.3 Å². The summed E-state index contributed by atoms with van der Waals surface area (Å²) in [5, 5.41) is 1.56. The largest absolute Gasteiger partial charge is 0.495 e. The number of ether oxygens (including phenoxy) is 1. The van der Waals surface area contributed by atoms with Crippen LogP contribution in [0.25, 0.3) is 33.8 Å². The number of benzene rings is 3. The van der Waals surface area contributed by atoms with Crippen LogP contribution in [0.5, 0.6) is 5.75 Å². The van der Waals surface area contributed by atoms with E-state index in [1.165, 1.54) is 5.56 Å². The van der Waals surface area contributed by atoms with Crippen molar-refractivity contribution in [2.24, 2.45) is 0 Å². The van der Waals surface area contributed by atoms with E-state index in [0.29, 0.717) is 10.8 Å². The summed E-state index contributed by atoms with van der Waals surface area (Å²) < 4.78 is 9.99. The van der Waals surface area contributed by atoms with Crippen LogP contribution < -0.4 is 4.74 Å². The van der Waals surface area contributed by atoms with Gasteiger partial charge in [0.15, 0.2) is 5.16 Å². The standard InChI is InChI=1S/C31H25ClN4OS/c1-21-12-17-29-34-30(23-8-4-3-5-9-23)27(35(29)18-21)20-38-31-33-25(22-13-15-24(32)16-14-22)19-36(31)26-10-6-7-11-28(26)37-2/h3-19H,20H2,1-2H3. The molecule has 38 heavy (non-hydrogen) atoms. The number of rotatable bonds is 7. The minimum atomic E-state index is 0.682. The summed E-state index contributed by atoms with van der Waals surface area (Å²) in [7, 11) is 1.69. The van der Waals surface area contributed by atoms with Crippen molar-refractivity contribution in [3.05, 3.63) is 120 Å². The van der Waals surface area contributed by atoms with Gasteiger partial charge in [-0.2, -0.15) is 0 Å². The van der Waals surface area contributed by atoms with Crippen molar-refractivity contribution in [2.45, 2.75) is 17.8 Å². The molecule has 0 aliphatic rings. The molecule has 3 aromatic heterocycles. The third-order valence-corrected chi connectivity index (χ3v) is 7.62. The van der Waals surface area contributed by atoms with Gasteiger partial charge in [-0.15, -0.1) is 0 Å². The van der Waals surface area contributed by atoms with Gasteiger partial charge in [0.25, 0.3) is 0 Å². The molecule has 0 atom stereocenters. The van der Waals surface area contributed by atoms with Gasteiger partial charge >= 0.3 is 0 Å². The van der Waals surface area contributed by atoms with Crippen LogP contribution in [0.15, 0.2) is 109 Å². The lowest BCUT2D eigenvalue weighted by Gasteiger charge is -2.12. The van der Waals surface area contributed by atoms with Crippen molar-refractivity contribution >= 4 is 29.0 Å². The number of methoxy groups -OCH3 is 1. The van der Waals surface area contributed by atoms with E-state index >= 15 is 0 Å². The fourth-order valence-electron chi connectivity index (χ4n) is 4.52. The predicted octanol–water partition coefficient (Wildman–Crippen LogP) is 8.12. The van der Waals surface area contributed by atoms with Crippen molar-refractivity contribution in [3.63, 3.8) is 0 Å². The Kier molecular flexibility index (Phi) is 6.66. The molecule has 6 aromatic rings. The first-order valence-corrected chi connectivity index (χ1v) is 13.6. The number of imidazole rings is 2. The number of nitrogens with zero attached hydrogens (tertiary/aromatic N) is 4. The van der Waals surface area contributed by atoms with E-state index < -0.39 is 0 Å². The molecule has 0 amide bonds. The summed E-state index contributed by atoms with van der Waals surface area (Å²) in [4.78, 5) is 10.1. The molecule has 7 heteroatoms. The van der Waals surface area contributed by atoms with Crippen LogP contribution in [0.4, 0.5) is 0 Å². The maximum Gasteiger partial charge on any atom is 0.173 e. The molecule has 0 N–H and O–H groups in total. The Morgan fingerprint density at radius 2 is 1.58 bits per heavy atom. The van der Waals surface area contributed by atoms with Gasteiger partial charge in [-0.05, 0) is 42.8 Å². The number of aryl methyl sites for hydroxylation is 1. The number of halogens is 1. The third kappa shape index (κ3) is 4.69. The molecule has 0 unspecified atom stereocenters. The SMILES string of the molecule is COc1ccccc1-n1cc(-c2ccc(Cl)cc2)nc1SCc1c(-c2ccccc2)nc2ccc(C)cn12. The number of hydrogen-bond acceptors (Lipinski definition) is 4. The third-order valence-electron chi connectivity index (χ3n) is 6.41. The zero-order chi connectivity index (χ0) is 26.1. The van der Waals surface area contributed by atoms with Crippen molar-refractivity contribution < 1.29 is 4.74 Å². The lowest BCUT2D eigenvalue weighted by molar-refractivity contribution is 0.412. The van der Waals surface area contributed by atoms with Gasteiger partial charge in [-0.3, -0.25) is 4.57 Å². The lowest BCUT2D eigenvalue weighted by Crippen LogP contribution is -2.00. The molecular formula is C31H25ClN4OS. The first-order chi connectivity index (χ1) is 18.6. The number of fused-ring (bicyclic) bond motifs is 1. The second-order valence-corrected chi connectivity index (χ2v) is 10.3. The first kappa shape index (κ1) is 24.3. The van der Waals surface area contributed by atoms with E-state index in [4.69, 9.17) is 26.3 Å². The van der Waals surface area contributed by atoms with E-state index in [9.17, 15) is 0 Å². The van der Waals surface area contributed by atoms with E-state index in [2.05, 4.69) is 52.6 Å². The Hall–Kier alpha value is -4.00. The van der Waals surface area contributed by atoms with Crippen LogP contribution in [0, 0.1) is 6.92 Å². The van der Waals surface area contributed by atoms with Crippen molar-refractivity contribution in [3.8, 4) is 34.0 Å². The summed E-state index contributed by atoms with van der Waals surface area (Å²) in [6, 6.07) is 30.3. The molecule has 0 bridgehead atoms. The summed E-state index contributed by atoms with van der Waals surface area (Å²) in [5.74, 6) is 1.46. The van der Waals surface area contributed by atoms with Crippen LogP contribution >= 0.6 is 23.4 Å². The maximum atomic E-state index is 6.15. The number of aromatic nitrogens is 4. The highest BCUT2D eigenvalue weighted by molar-refractivity contribution is 7.98. The number of hydrogen-bond donors (Lipinski definition) is 0. The molecule has 0 saturated carbocycles. The van der Waals surface area contributed by atoms with Crippen LogP contribution in [-0.4, -0.2) is 26.0 Å². The number of pyridine rings is 1. The highest BCUT2D eigenvalue weighted by atomic mass is 35.5. The van der Waals surface area contributed by atoms with Crippen molar-refractivity contribution in [1.29, 1.82) is 0 Å². The molecule has 0 saturated heterocycles. The molecule has 0 aliphatic carbocycles. The van der Waals surface area contributed by atoms with E-state index in [1.54, 1.807) is 18.9 Å². The molecule has 0 aliphatic heterocycles. The smallest absolute Gasteiger partial charge is 0.173 e. The monoisotopic (exact) mass is 536 g/mol. The number of thioether (sulfide) groups is 1. The molecule has 0 spiro atoms. The minimum absolute atomic E-state index is 0.682. The summed E-state index contributed by atoms with van der Waals surface area (Å²) in [5.41, 5.74) is 8.12. The molecule has 188 valence electrons. The van der Waals surface area contributed by atoms with Gasteiger partial charge in [-0.1, -0.05) is 84.0 Å². The van der Waals surface area contributed by atoms with E-state index in [1.807, 2.05) is 66.7 Å². The highest BCUT2D eigenvalue weighted by Gasteiger charge is 2.19. The van der Waals surface area contributed by atoms with Crippen LogP contribution in [0.3, 0.4) is 0 Å². The Bertz CT molecular complexity index is 1730. The molecule has 3 aromatic carbocycles. The normalized spacial score (nSPS) is 11.2. The molecule has 6 rings (SSSR count). The van der Waals surface area contributed by atoms with Gasteiger partial charge in [0.05, 0.1) is 29.9 Å². The van der Waals surface area contributed by atoms with Crippen molar-refractivity contribution in [2.75, 3.05) is 7.11 Å². The Balaban J connectivity index is 1.45. The summed E-state index contributed by atoms with van der Waals surface area (Å²) in [6.45, 7) is 2.10. The average Bonchev–Trinajstić information content (AvgIpc) is 3.54. The average molecular weight is 537 g/mol. The minimum Gasteiger partial charge on any atom is -0.495 e. The lowest BCUT2D eigenvalue weighted by atomic mass is 10.1. The van der Waals surface area contributed by atoms with Gasteiger partial charge in [0.1, 0.15) is 11.4 Å². The fourth-order valence-corrected chi connectivity index (χ4v) is 5.64. The van der Waals surface area contributed by atoms with Crippen LogP contribution in [0.2, 0.25) is 5.02 Å².